The van der Waals surface area contributed by atoms with E-state index in [1.54, 1.807) is 0 Å². The Balaban J connectivity index is -0.00000000450. The Morgan fingerprint density at radius 2 is 1.14 bits per heavy atom. The van der Waals surface area contributed by atoms with Crippen molar-refractivity contribution in [1.29, 1.82) is 0 Å². The van der Waals surface area contributed by atoms with E-state index in [-0.39, 0.29) is 50.9 Å². The van der Waals surface area contributed by atoms with Crippen LogP contribution in [0.3, 0.4) is 0 Å². The second-order valence-electron chi connectivity index (χ2n) is 0.346. The minimum absolute atomic E-state index is 0. The van der Waals surface area contributed by atoms with Gasteiger partial charge in [0.15, 0.2) is 0 Å². The molecule has 0 radical (unpaired) electrons. The van der Waals surface area contributed by atoms with Crippen LogP contribution >= 0.6 is 0 Å². The van der Waals surface area contributed by atoms with Gasteiger partial charge in [-0.2, -0.15) is 0 Å². The third-order valence-electron chi connectivity index (χ3n) is 0. The average molecular weight is 172 g/mol. The molecule has 7 heavy (non-hydrogen) atoms. The second-order valence-corrected chi connectivity index (χ2v) is 0.346. The van der Waals surface area contributed by atoms with Crippen LogP contribution in [0.4, 0.5) is 0 Å². The number of hydrogen-bond acceptors (Lipinski definition) is 3. The molecule has 0 heterocycles. The zero-order chi connectivity index (χ0) is 3.58. The fraction of sp³-hybridized carbons (Fsp3) is 0. The van der Waals surface area contributed by atoms with Crippen LogP contribution in [0.1, 0.15) is 2.85 Å². The molecule has 0 atom stereocenters. The van der Waals surface area contributed by atoms with E-state index >= 15 is 0 Å². The van der Waals surface area contributed by atoms with E-state index in [9.17, 15) is 0 Å². The summed E-state index contributed by atoms with van der Waals surface area (Å²) in [4.78, 5) is 0. The molecule has 0 aromatic carbocycles. The van der Waals surface area contributed by atoms with Gasteiger partial charge in [0.1, 0.15) is 0 Å². The Morgan fingerprint density at radius 1 is 1.14 bits per heavy atom. The van der Waals surface area contributed by atoms with Crippen LogP contribution in [0.5, 0.6) is 0 Å². The first-order valence-electron chi connectivity index (χ1n) is 0.775. The zero-order valence-corrected chi connectivity index (χ0v) is 8.21. The summed E-state index contributed by atoms with van der Waals surface area (Å²) in [5.74, 6) is 0. The Bertz CT molecular complexity index is 23.3. The van der Waals surface area contributed by atoms with E-state index in [0.717, 1.165) is 0 Å². The topological polar surface area (TPSA) is 92.2 Å². The molecule has 0 aromatic rings. The predicted molar refractivity (Wildman–Crippen MR) is 24.0 cm³/mol. The van der Waals surface area contributed by atoms with Crippen molar-refractivity contribution in [3.8, 4) is 0 Å². The second kappa shape index (κ2) is 15.7. The Morgan fingerprint density at radius 3 is 1.14 bits per heavy atom. The van der Waals surface area contributed by atoms with Gasteiger partial charge < -0.3 is 23.4 Å². The van der Waals surface area contributed by atoms with Crippen molar-refractivity contribution < 1.29 is 42.9 Å². The van der Waals surface area contributed by atoms with Crippen LogP contribution in [0.2, 0.25) is 0 Å². The van der Waals surface area contributed by atoms with E-state index in [1.807, 2.05) is 0 Å². The van der Waals surface area contributed by atoms with Gasteiger partial charge in [0.25, 0.3) is 0 Å². The minimum Gasteiger partial charge on any atom is -1.00 e. The Labute approximate surface area is 73.3 Å². The van der Waals surface area contributed by atoms with Crippen LogP contribution in [0, 0.1) is 0 Å². The van der Waals surface area contributed by atoms with Crippen molar-refractivity contribution >= 4 is 30.4 Å². The van der Waals surface area contributed by atoms with Gasteiger partial charge in [-0.25, -0.2) is 0 Å². The van der Waals surface area contributed by atoms with Crippen molar-refractivity contribution in [3.05, 3.63) is 0 Å². The quantitative estimate of drug-likeness (QED) is 0.339. The molecular weight excluding hydrogens is 165 g/mol. The fourth-order valence-electron chi connectivity index (χ4n) is 0. The average Bonchev–Trinajstić information content (AvgIpc) is 0.811. The molecule has 0 aliphatic carbocycles. The van der Waals surface area contributed by atoms with Gasteiger partial charge in [-0.05, 0) is 0 Å². The first kappa shape index (κ1) is 23.9. The summed E-state index contributed by atoms with van der Waals surface area (Å²) in [6, 6.07) is 0. The molecule has 7 heteroatoms. The van der Waals surface area contributed by atoms with Gasteiger partial charge in [-0.15, -0.1) is 0 Å². The molecule has 0 rings (SSSR count). The summed E-state index contributed by atoms with van der Waals surface area (Å²) in [6.45, 7) is 0. The van der Waals surface area contributed by atoms with Crippen molar-refractivity contribution in [3.63, 3.8) is 0 Å². The minimum atomic E-state index is -2.17. The Kier molecular flexibility index (Phi) is 53.6. The maximum absolute atomic E-state index is 7.17. The molecule has 0 bridgehead atoms. The van der Waals surface area contributed by atoms with Gasteiger partial charge in [0.2, 0.25) is 0 Å². The molecule has 0 amide bonds. The summed E-state index contributed by atoms with van der Waals surface area (Å²) in [5, 5.41) is 21.5. The number of rotatable bonds is 0. The van der Waals surface area contributed by atoms with Crippen LogP contribution in [0.15, 0.2) is 0 Å². The molecule has 0 fully saturated rings. The van der Waals surface area contributed by atoms with Crippen molar-refractivity contribution in [2.24, 2.45) is 0 Å². The third kappa shape index (κ3) is 122. The van der Waals surface area contributed by atoms with Crippen molar-refractivity contribution in [1.82, 2.24) is 0 Å². The summed E-state index contributed by atoms with van der Waals surface area (Å²) >= 11 is 0. The molecule has 4 nitrogen and oxygen atoms in total. The monoisotopic (exact) mass is 170 g/mol. The number of hydrogen-bond donors (Lipinski definition) is 3. The zero-order valence-electron chi connectivity index (χ0n) is 5.83. The van der Waals surface area contributed by atoms with E-state index in [1.165, 1.54) is 0 Å². The third-order valence-corrected chi connectivity index (χ3v) is 0. The summed E-state index contributed by atoms with van der Waals surface area (Å²) in [7, 11) is -2.17. The van der Waals surface area contributed by atoms with Crippen LogP contribution in [-0.4, -0.2) is 50.9 Å². The standard InChI is InChI=1S/BH3O3.Mg.H2O.Zn.2H/c2-1(3)4;;;;;/h2-4H;;1H2;;;/q;+2;;;2*-1. The first-order chi connectivity index (χ1) is 1.73. The molecule has 0 aliphatic heterocycles. The first-order valence-corrected chi connectivity index (χ1v) is 0.775. The van der Waals surface area contributed by atoms with Gasteiger partial charge in [-0.1, -0.05) is 0 Å². The summed E-state index contributed by atoms with van der Waals surface area (Å²) < 4.78 is 0. The van der Waals surface area contributed by atoms with Crippen LogP contribution in [0.25, 0.3) is 0 Å². The van der Waals surface area contributed by atoms with Gasteiger partial charge in [0, 0.05) is 19.5 Å². The Hall–Kier alpha value is 1.29. The van der Waals surface area contributed by atoms with E-state index in [4.69, 9.17) is 15.1 Å². The van der Waals surface area contributed by atoms with E-state index < -0.39 is 7.32 Å². The van der Waals surface area contributed by atoms with Gasteiger partial charge in [-0.3, -0.25) is 0 Å². The predicted octanol–water partition coefficient (Wildman–Crippen LogP) is -3.03. The van der Waals surface area contributed by atoms with E-state index in [2.05, 4.69) is 0 Å². The molecule has 0 spiro atoms. The summed E-state index contributed by atoms with van der Waals surface area (Å²) in [6.07, 6.45) is 0. The molecule has 38 valence electrons. The molecule has 0 aliphatic rings. The molecular formula is H7BMgO4Zn. The maximum atomic E-state index is 7.17. The van der Waals surface area contributed by atoms with Crippen LogP contribution < -0.4 is 0 Å². The summed E-state index contributed by atoms with van der Waals surface area (Å²) in [5.41, 5.74) is 0. The smallest absolute Gasteiger partial charge is 1.00 e. The van der Waals surface area contributed by atoms with Gasteiger partial charge >= 0.3 is 30.4 Å². The van der Waals surface area contributed by atoms with Crippen LogP contribution in [-0.2, 0) is 19.5 Å². The van der Waals surface area contributed by atoms with Crippen molar-refractivity contribution in [2.75, 3.05) is 0 Å². The largest absolute Gasteiger partial charge is 2.00 e. The SMILES string of the molecule is O.OB(O)O.[H-].[H-].[Mg+2].[Zn]. The molecule has 0 aromatic heterocycles. The van der Waals surface area contributed by atoms with Crippen molar-refractivity contribution in [2.45, 2.75) is 0 Å². The molecule has 5 N–H and O–H groups in total. The van der Waals surface area contributed by atoms with Gasteiger partial charge in [0.05, 0.1) is 0 Å². The fourth-order valence-corrected chi connectivity index (χ4v) is 0. The molecule has 0 saturated carbocycles. The van der Waals surface area contributed by atoms with E-state index in [0.29, 0.717) is 0 Å². The normalized spacial score (nSPS) is 3.86. The molecule has 0 unspecified atom stereocenters. The molecule has 0 saturated heterocycles. The maximum Gasteiger partial charge on any atom is 2.00 e.